The van der Waals surface area contributed by atoms with Crippen LogP contribution in [0.15, 0.2) is 36.1 Å². The third kappa shape index (κ3) is 1.40. The Morgan fingerprint density at radius 2 is 2.15 bits per heavy atom. The first-order valence-corrected chi connectivity index (χ1v) is 4.03. The number of rotatable bonds is 1. The van der Waals surface area contributed by atoms with Crippen molar-refractivity contribution in [2.24, 2.45) is 5.73 Å². The summed E-state index contributed by atoms with van der Waals surface area (Å²) in [6.45, 7) is 0. The standard InChI is InChI=1S/C10H9NO2/c11-10(12)9-6-5-7-3-1-2-4-8(7)13-9/h1-4,6H,5H2,(H2,11,12). The Bertz CT molecular complexity index is 382. The second-order valence-electron chi connectivity index (χ2n) is 2.85. The summed E-state index contributed by atoms with van der Waals surface area (Å²) >= 11 is 0. The molecule has 1 amide bonds. The van der Waals surface area contributed by atoms with Gasteiger partial charge in [0.15, 0.2) is 5.76 Å². The molecular weight excluding hydrogens is 166 g/mol. The van der Waals surface area contributed by atoms with E-state index in [1.165, 1.54) is 0 Å². The SMILES string of the molecule is NC(=O)C1=CCc2ccccc2O1. The number of ether oxygens (including phenoxy) is 1. The van der Waals surface area contributed by atoms with E-state index in [0.29, 0.717) is 6.42 Å². The molecule has 0 aliphatic carbocycles. The molecule has 0 spiro atoms. The molecule has 0 atom stereocenters. The molecule has 0 saturated carbocycles. The lowest BCUT2D eigenvalue weighted by atomic mass is 10.1. The molecule has 1 aliphatic heterocycles. The number of allylic oxidation sites excluding steroid dienone is 1. The smallest absolute Gasteiger partial charge is 0.284 e. The van der Waals surface area contributed by atoms with E-state index in [1.54, 1.807) is 6.08 Å². The lowest BCUT2D eigenvalue weighted by Crippen LogP contribution is -2.20. The number of primary amides is 1. The fourth-order valence-corrected chi connectivity index (χ4v) is 1.29. The third-order valence-corrected chi connectivity index (χ3v) is 1.94. The van der Waals surface area contributed by atoms with Gasteiger partial charge in [0.05, 0.1) is 0 Å². The zero-order valence-electron chi connectivity index (χ0n) is 6.99. The van der Waals surface area contributed by atoms with E-state index < -0.39 is 5.91 Å². The van der Waals surface area contributed by atoms with E-state index in [1.807, 2.05) is 24.3 Å². The number of fused-ring (bicyclic) bond motifs is 1. The molecule has 0 fully saturated rings. The van der Waals surface area contributed by atoms with Crippen LogP contribution in [0.4, 0.5) is 0 Å². The third-order valence-electron chi connectivity index (χ3n) is 1.94. The molecular formula is C10H9NO2. The average Bonchev–Trinajstić information content (AvgIpc) is 2.17. The second-order valence-corrected chi connectivity index (χ2v) is 2.85. The Morgan fingerprint density at radius 1 is 1.38 bits per heavy atom. The van der Waals surface area contributed by atoms with Gasteiger partial charge in [-0.05, 0) is 24.1 Å². The maximum absolute atomic E-state index is 10.8. The Balaban J connectivity index is 2.33. The summed E-state index contributed by atoms with van der Waals surface area (Å²) < 4.78 is 5.28. The lowest BCUT2D eigenvalue weighted by Gasteiger charge is -2.15. The lowest BCUT2D eigenvalue weighted by molar-refractivity contribution is -0.116. The molecule has 2 N–H and O–H groups in total. The maximum Gasteiger partial charge on any atom is 0.284 e. The second kappa shape index (κ2) is 2.94. The van der Waals surface area contributed by atoms with E-state index in [2.05, 4.69) is 0 Å². The summed E-state index contributed by atoms with van der Waals surface area (Å²) in [5.41, 5.74) is 6.17. The van der Waals surface area contributed by atoms with Crippen LogP contribution in [-0.2, 0) is 11.2 Å². The first kappa shape index (κ1) is 7.86. The van der Waals surface area contributed by atoms with Crippen LogP contribution in [0.3, 0.4) is 0 Å². The zero-order chi connectivity index (χ0) is 9.26. The number of nitrogens with two attached hydrogens (primary N) is 1. The average molecular weight is 175 g/mol. The highest BCUT2D eigenvalue weighted by Gasteiger charge is 2.14. The van der Waals surface area contributed by atoms with Crippen molar-refractivity contribution in [2.45, 2.75) is 6.42 Å². The van der Waals surface area contributed by atoms with Crippen molar-refractivity contribution < 1.29 is 9.53 Å². The Kier molecular flexibility index (Phi) is 1.77. The van der Waals surface area contributed by atoms with E-state index in [9.17, 15) is 4.79 Å². The predicted molar refractivity (Wildman–Crippen MR) is 48.1 cm³/mol. The normalized spacial score (nSPS) is 14.0. The summed E-state index contributed by atoms with van der Waals surface area (Å²) in [6, 6.07) is 7.59. The molecule has 0 radical (unpaired) electrons. The van der Waals surface area contributed by atoms with Crippen molar-refractivity contribution in [3.63, 3.8) is 0 Å². The molecule has 0 saturated heterocycles. The molecule has 66 valence electrons. The van der Waals surface area contributed by atoms with Crippen LogP contribution in [0, 0.1) is 0 Å². The number of hydrogen-bond acceptors (Lipinski definition) is 2. The number of amides is 1. The Labute approximate surface area is 75.8 Å². The van der Waals surface area contributed by atoms with Crippen LogP contribution in [-0.4, -0.2) is 5.91 Å². The molecule has 0 unspecified atom stereocenters. The summed E-state index contributed by atoms with van der Waals surface area (Å²) in [6.07, 6.45) is 2.40. The van der Waals surface area contributed by atoms with Gasteiger partial charge in [0, 0.05) is 0 Å². The zero-order valence-corrected chi connectivity index (χ0v) is 6.99. The van der Waals surface area contributed by atoms with Gasteiger partial charge in [0.25, 0.3) is 5.91 Å². The minimum atomic E-state index is -0.519. The van der Waals surface area contributed by atoms with Crippen LogP contribution in [0.1, 0.15) is 5.56 Å². The van der Waals surface area contributed by atoms with Crippen molar-refractivity contribution >= 4 is 5.91 Å². The highest BCUT2D eigenvalue weighted by molar-refractivity contribution is 5.90. The monoisotopic (exact) mass is 175 g/mol. The van der Waals surface area contributed by atoms with Crippen molar-refractivity contribution in [2.75, 3.05) is 0 Å². The van der Waals surface area contributed by atoms with E-state index >= 15 is 0 Å². The fourth-order valence-electron chi connectivity index (χ4n) is 1.29. The minimum absolute atomic E-state index is 0.235. The van der Waals surface area contributed by atoms with Crippen molar-refractivity contribution in [3.05, 3.63) is 41.7 Å². The Morgan fingerprint density at radius 3 is 2.92 bits per heavy atom. The number of carbonyl (C=O) groups is 1. The quantitative estimate of drug-likeness (QED) is 0.692. The number of benzene rings is 1. The van der Waals surface area contributed by atoms with Crippen LogP contribution in [0.5, 0.6) is 5.75 Å². The van der Waals surface area contributed by atoms with Gasteiger partial charge in [-0.15, -0.1) is 0 Å². The summed E-state index contributed by atoms with van der Waals surface area (Å²) in [7, 11) is 0. The van der Waals surface area contributed by atoms with Gasteiger partial charge in [-0.1, -0.05) is 18.2 Å². The van der Waals surface area contributed by atoms with Crippen LogP contribution in [0.2, 0.25) is 0 Å². The topological polar surface area (TPSA) is 52.3 Å². The number of hydrogen-bond donors (Lipinski definition) is 1. The maximum atomic E-state index is 10.8. The first-order chi connectivity index (χ1) is 6.27. The fraction of sp³-hybridized carbons (Fsp3) is 0.100. The summed E-state index contributed by atoms with van der Waals surface area (Å²) in [4.78, 5) is 10.8. The van der Waals surface area contributed by atoms with Gasteiger partial charge in [-0.25, -0.2) is 0 Å². The molecule has 3 heteroatoms. The van der Waals surface area contributed by atoms with Gasteiger partial charge < -0.3 is 10.5 Å². The Hall–Kier alpha value is -1.77. The molecule has 1 heterocycles. The van der Waals surface area contributed by atoms with Crippen molar-refractivity contribution in [1.29, 1.82) is 0 Å². The predicted octanol–water partition coefficient (Wildman–Crippen LogP) is 0.991. The number of carbonyl (C=O) groups excluding carboxylic acids is 1. The van der Waals surface area contributed by atoms with Gasteiger partial charge in [-0.2, -0.15) is 0 Å². The molecule has 2 rings (SSSR count). The highest BCUT2D eigenvalue weighted by Crippen LogP contribution is 2.25. The van der Waals surface area contributed by atoms with Crippen LogP contribution < -0.4 is 10.5 Å². The summed E-state index contributed by atoms with van der Waals surface area (Å²) in [5.74, 6) is 0.437. The van der Waals surface area contributed by atoms with Gasteiger partial charge >= 0.3 is 0 Å². The number of para-hydroxylation sites is 1. The van der Waals surface area contributed by atoms with Crippen molar-refractivity contribution in [1.82, 2.24) is 0 Å². The highest BCUT2D eigenvalue weighted by atomic mass is 16.5. The molecule has 0 bridgehead atoms. The molecule has 1 aliphatic rings. The van der Waals surface area contributed by atoms with Gasteiger partial charge in [-0.3, -0.25) is 4.79 Å². The first-order valence-electron chi connectivity index (χ1n) is 4.03. The molecule has 1 aromatic rings. The van der Waals surface area contributed by atoms with E-state index in [4.69, 9.17) is 10.5 Å². The summed E-state index contributed by atoms with van der Waals surface area (Å²) in [5, 5.41) is 0. The van der Waals surface area contributed by atoms with Crippen LogP contribution in [0.25, 0.3) is 0 Å². The molecule has 3 nitrogen and oxygen atoms in total. The van der Waals surface area contributed by atoms with Gasteiger partial charge in [0.2, 0.25) is 0 Å². The molecule has 0 aromatic heterocycles. The van der Waals surface area contributed by atoms with Gasteiger partial charge in [0.1, 0.15) is 5.75 Å². The largest absolute Gasteiger partial charge is 0.452 e. The molecule has 1 aromatic carbocycles. The van der Waals surface area contributed by atoms with Crippen molar-refractivity contribution in [3.8, 4) is 5.75 Å². The van der Waals surface area contributed by atoms with E-state index in [0.717, 1.165) is 11.3 Å². The minimum Gasteiger partial charge on any atom is -0.452 e. The molecule has 13 heavy (non-hydrogen) atoms. The van der Waals surface area contributed by atoms with E-state index in [-0.39, 0.29) is 5.76 Å². The van der Waals surface area contributed by atoms with Crippen LogP contribution >= 0.6 is 0 Å².